The third-order valence-electron chi connectivity index (χ3n) is 2.81. The van der Waals surface area contributed by atoms with E-state index in [-0.39, 0.29) is 0 Å². The van der Waals surface area contributed by atoms with E-state index in [0.717, 1.165) is 6.54 Å². The first kappa shape index (κ1) is 11.0. The molecule has 1 aromatic heterocycles. The van der Waals surface area contributed by atoms with Crippen molar-refractivity contribution in [2.24, 2.45) is 7.05 Å². The number of hydrogen-bond donors (Lipinski definition) is 1. The molecule has 2 rings (SSSR count). The molecule has 0 aliphatic rings. The first-order chi connectivity index (χ1) is 7.75. The zero-order valence-electron chi connectivity index (χ0n) is 9.85. The SMILES string of the molecule is C[C@H](NCc1ccn(C)c1)c1ccccc1. The molecule has 2 heteroatoms. The fraction of sp³-hybridized carbons (Fsp3) is 0.286. The lowest BCUT2D eigenvalue weighted by atomic mass is 10.1. The maximum atomic E-state index is 3.52. The van der Waals surface area contributed by atoms with Gasteiger partial charge < -0.3 is 9.88 Å². The maximum absolute atomic E-state index is 3.52. The number of nitrogens with one attached hydrogen (secondary N) is 1. The third kappa shape index (κ3) is 2.74. The number of nitrogens with zero attached hydrogens (tertiary/aromatic N) is 1. The second-order valence-electron chi connectivity index (χ2n) is 4.20. The van der Waals surface area contributed by atoms with E-state index in [1.807, 2.05) is 13.1 Å². The molecule has 0 fully saturated rings. The molecular weight excluding hydrogens is 196 g/mol. The van der Waals surface area contributed by atoms with Crippen LogP contribution in [0, 0.1) is 0 Å². The second-order valence-corrected chi connectivity index (χ2v) is 4.20. The Morgan fingerprint density at radius 1 is 1.19 bits per heavy atom. The van der Waals surface area contributed by atoms with Crippen LogP contribution in [0.5, 0.6) is 0 Å². The van der Waals surface area contributed by atoms with Gasteiger partial charge >= 0.3 is 0 Å². The highest BCUT2D eigenvalue weighted by atomic mass is 14.9. The molecule has 0 aliphatic heterocycles. The largest absolute Gasteiger partial charge is 0.357 e. The number of hydrogen-bond acceptors (Lipinski definition) is 1. The van der Waals surface area contributed by atoms with Gasteiger partial charge in [0, 0.05) is 32.0 Å². The fourth-order valence-corrected chi connectivity index (χ4v) is 1.80. The summed E-state index contributed by atoms with van der Waals surface area (Å²) in [6.07, 6.45) is 4.22. The minimum absolute atomic E-state index is 0.390. The standard InChI is InChI=1S/C14H18N2/c1-12(14-6-4-3-5-7-14)15-10-13-8-9-16(2)11-13/h3-9,11-12,15H,10H2,1-2H3/t12-/m0/s1. The highest BCUT2D eigenvalue weighted by molar-refractivity contribution is 5.18. The van der Waals surface area contributed by atoms with E-state index in [9.17, 15) is 0 Å². The molecule has 0 radical (unpaired) electrons. The van der Waals surface area contributed by atoms with Gasteiger partial charge in [0.05, 0.1) is 0 Å². The van der Waals surface area contributed by atoms with Gasteiger partial charge in [-0.2, -0.15) is 0 Å². The number of rotatable bonds is 4. The molecule has 1 N–H and O–H groups in total. The lowest BCUT2D eigenvalue weighted by Gasteiger charge is -2.13. The average Bonchev–Trinajstić information content (AvgIpc) is 2.73. The van der Waals surface area contributed by atoms with Crippen molar-refractivity contribution in [2.75, 3.05) is 0 Å². The van der Waals surface area contributed by atoms with Gasteiger partial charge in [0.1, 0.15) is 0 Å². The Labute approximate surface area is 96.9 Å². The molecule has 0 saturated heterocycles. The molecule has 1 heterocycles. The Kier molecular flexibility index (Phi) is 3.42. The van der Waals surface area contributed by atoms with E-state index in [4.69, 9.17) is 0 Å². The summed E-state index contributed by atoms with van der Waals surface area (Å²) in [6, 6.07) is 13.1. The smallest absolute Gasteiger partial charge is 0.0294 e. The minimum atomic E-state index is 0.390. The van der Waals surface area contributed by atoms with Gasteiger partial charge in [-0.05, 0) is 24.1 Å². The van der Waals surface area contributed by atoms with E-state index in [1.165, 1.54) is 11.1 Å². The summed E-state index contributed by atoms with van der Waals surface area (Å²) in [6.45, 7) is 3.11. The zero-order valence-corrected chi connectivity index (χ0v) is 9.85. The van der Waals surface area contributed by atoms with E-state index < -0.39 is 0 Å². The van der Waals surface area contributed by atoms with Crippen LogP contribution in [0.3, 0.4) is 0 Å². The Bertz CT molecular complexity index is 431. The van der Waals surface area contributed by atoms with Crippen LogP contribution in [0.25, 0.3) is 0 Å². The first-order valence-electron chi connectivity index (χ1n) is 5.65. The molecule has 0 saturated carbocycles. The summed E-state index contributed by atoms with van der Waals surface area (Å²) in [5.41, 5.74) is 2.66. The van der Waals surface area contributed by atoms with Crippen LogP contribution < -0.4 is 5.32 Å². The van der Waals surface area contributed by atoms with Gasteiger partial charge in [-0.25, -0.2) is 0 Å². The number of aryl methyl sites for hydroxylation is 1. The number of benzene rings is 1. The van der Waals surface area contributed by atoms with Crippen molar-refractivity contribution in [3.63, 3.8) is 0 Å². The summed E-state index contributed by atoms with van der Waals surface area (Å²) >= 11 is 0. The molecular formula is C14H18N2. The van der Waals surface area contributed by atoms with Crippen LogP contribution in [-0.4, -0.2) is 4.57 Å². The minimum Gasteiger partial charge on any atom is -0.357 e. The number of aromatic nitrogens is 1. The Balaban J connectivity index is 1.91. The van der Waals surface area contributed by atoms with Gasteiger partial charge in [-0.15, -0.1) is 0 Å². The maximum Gasteiger partial charge on any atom is 0.0294 e. The normalized spacial score (nSPS) is 12.6. The van der Waals surface area contributed by atoms with Crippen LogP contribution in [0.1, 0.15) is 24.1 Å². The highest BCUT2D eigenvalue weighted by Gasteiger charge is 2.03. The van der Waals surface area contributed by atoms with E-state index >= 15 is 0 Å². The molecule has 84 valence electrons. The molecule has 2 aromatic rings. The van der Waals surface area contributed by atoms with Gasteiger partial charge in [0.15, 0.2) is 0 Å². The van der Waals surface area contributed by atoms with Crippen molar-refractivity contribution < 1.29 is 0 Å². The predicted molar refractivity (Wildman–Crippen MR) is 67.1 cm³/mol. The second kappa shape index (κ2) is 4.99. The quantitative estimate of drug-likeness (QED) is 0.828. The lowest BCUT2D eigenvalue weighted by Crippen LogP contribution is -2.17. The monoisotopic (exact) mass is 214 g/mol. The van der Waals surface area contributed by atoms with E-state index in [0.29, 0.717) is 6.04 Å². The third-order valence-corrected chi connectivity index (χ3v) is 2.81. The molecule has 0 aliphatic carbocycles. The molecule has 2 nitrogen and oxygen atoms in total. The van der Waals surface area contributed by atoms with Crippen LogP contribution in [-0.2, 0) is 13.6 Å². The fourth-order valence-electron chi connectivity index (χ4n) is 1.80. The predicted octanol–water partition coefficient (Wildman–Crippen LogP) is 2.88. The summed E-state index contributed by atoms with van der Waals surface area (Å²) < 4.78 is 2.07. The van der Waals surface area contributed by atoms with Gasteiger partial charge in [-0.3, -0.25) is 0 Å². The van der Waals surface area contributed by atoms with Crippen LogP contribution in [0.4, 0.5) is 0 Å². The van der Waals surface area contributed by atoms with Crippen molar-refractivity contribution in [1.29, 1.82) is 0 Å². The van der Waals surface area contributed by atoms with Crippen molar-refractivity contribution in [2.45, 2.75) is 19.5 Å². The van der Waals surface area contributed by atoms with Gasteiger partial charge in [0.2, 0.25) is 0 Å². The summed E-state index contributed by atoms with van der Waals surface area (Å²) in [4.78, 5) is 0. The topological polar surface area (TPSA) is 17.0 Å². The Morgan fingerprint density at radius 2 is 1.94 bits per heavy atom. The highest BCUT2D eigenvalue weighted by Crippen LogP contribution is 2.12. The molecule has 1 aromatic carbocycles. The summed E-state index contributed by atoms with van der Waals surface area (Å²) in [5, 5.41) is 3.52. The van der Waals surface area contributed by atoms with Gasteiger partial charge in [0.25, 0.3) is 0 Å². The summed E-state index contributed by atoms with van der Waals surface area (Å²) in [7, 11) is 2.05. The molecule has 0 bridgehead atoms. The van der Waals surface area contributed by atoms with Gasteiger partial charge in [-0.1, -0.05) is 30.3 Å². The Morgan fingerprint density at radius 3 is 2.56 bits per heavy atom. The molecule has 0 amide bonds. The first-order valence-corrected chi connectivity index (χ1v) is 5.65. The van der Waals surface area contributed by atoms with Crippen LogP contribution in [0.2, 0.25) is 0 Å². The van der Waals surface area contributed by atoms with Crippen LogP contribution >= 0.6 is 0 Å². The molecule has 0 unspecified atom stereocenters. The van der Waals surface area contributed by atoms with Crippen LogP contribution in [0.15, 0.2) is 48.8 Å². The van der Waals surface area contributed by atoms with E-state index in [2.05, 4.69) is 59.5 Å². The molecule has 16 heavy (non-hydrogen) atoms. The summed E-state index contributed by atoms with van der Waals surface area (Å²) in [5.74, 6) is 0. The zero-order chi connectivity index (χ0) is 11.4. The van der Waals surface area contributed by atoms with Crippen molar-refractivity contribution in [3.8, 4) is 0 Å². The lowest BCUT2D eigenvalue weighted by molar-refractivity contribution is 0.574. The van der Waals surface area contributed by atoms with Crippen molar-refractivity contribution >= 4 is 0 Å². The average molecular weight is 214 g/mol. The van der Waals surface area contributed by atoms with Crippen molar-refractivity contribution in [3.05, 3.63) is 59.9 Å². The molecule has 0 spiro atoms. The van der Waals surface area contributed by atoms with E-state index in [1.54, 1.807) is 0 Å². The van der Waals surface area contributed by atoms with Crippen molar-refractivity contribution in [1.82, 2.24) is 9.88 Å². The Hall–Kier alpha value is -1.54. The molecule has 1 atom stereocenters.